The fraction of sp³-hybridized carbons (Fsp3) is 0.643. The van der Waals surface area contributed by atoms with Gasteiger partial charge in [0.25, 0.3) is 10.0 Å². The lowest BCUT2D eigenvalue weighted by Gasteiger charge is -2.33. The number of pyridine rings is 1. The van der Waals surface area contributed by atoms with Crippen molar-refractivity contribution < 1.29 is 8.42 Å². The zero-order chi connectivity index (χ0) is 14.6. The van der Waals surface area contributed by atoms with E-state index >= 15 is 0 Å². The molecular formula is C14H23N3O2S. The summed E-state index contributed by atoms with van der Waals surface area (Å²) < 4.78 is 27.0. The molecule has 1 fully saturated rings. The molecule has 2 heterocycles. The monoisotopic (exact) mass is 297 g/mol. The Morgan fingerprint density at radius 1 is 1.40 bits per heavy atom. The Bertz CT molecular complexity index is 528. The Balaban J connectivity index is 2.24. The van der Waals surface area contributed by atoms with Gasteiger partial charge in [0.2, 0.25) is 0 Å². The third-order valence-corrected chi connectivity index (χ3v) is 5.66. The summed E-state index contributed by atoms with van der Waals surface area (Å²) in [4.78, 5) is 4.14. The molecule has 5 nitrogen and oxygen atoms in total. The predicted octanol–water partition coefficient (Wildman–Crippen LogP) is 1.75. The quantitative estimate of drug-likeness (QED) is 0.899. The van der Waals surface area contributed by atoms with Crippen molar-refractivity contribution in [3.05, 3.63) is 23.9 Å². The van der Waals surface area contributed by atoms with Gasteiger partial charge in [-0.15, -0.1) is 0 Å². The number of hydrogen-bond acceptors (Lipinski definition) is 4. The zero-order valence-corrected chi connectivity index (χ0v) is 13.0. The van der Waals surface area contributed by atoms with Gasteiger partial charge in [-0.2, -0.15) is 4.31 Å². The topological polar surface area (TPSA) is 62.3 Å². The molecule has 1 saturated heterocycles. The lowest BCUT2D eigenvalue weighted by atomic mass is 10.0. The van der Waals surface area contributed by atoms with Crippen molar-refractivity contribution in [2.45, 2.75) is 50.2 Å². The second kappa shape index (κ2) is 6.65. The third kappa shape index (κ3) is 3.19. The van der Waals surface area contributed by atoms with Crippen molar-refractivity contribution in [2.75, 3.05) is 13.6 Å². The standard InChI is InChI=1S/C14H23N3O2S/c1-3-13-6-4-5-9-17(13)20(18,19)14-8-7-12(10-15-2)11-16-14/h7-8,11,13,15H,3-6,9-10H2,1-2H3. The van der Waals surface area contributed by atoms with Gasteiger partial charge in [0.1, 0.15) is 0 Å². The molecule has 0 bridgehead atoms. The van der Waals surface area contributed by atoms with Gasteiger partial charge in [0, 0.05) is 25.3 Å². The normalized spacial score (nSPS) is 21.0. The number of rotatable bonds is 5. The van der Waals surface area contributed by atoms with Gasteiger partial charge < -0.3 is 5.32 Å². The van der Waals surface area contributed by atoms with E-state index in [9.17, 15) is 8.42 Å². The summed E-state index contributed by atoms with van der Waals surface area (Å²) in [6, 6.07) is 3.55. The molecule has 1 aromatic heterocycles. The minimum atomic E-state index is -3.45. The van der Waals surface area contributed by atoms with E-state index in [2.05, 4.69) is 10.3 Å². The lowest BCUT2D eigenvalue weighted by molar-refractivity contribution is 0.246. The molecule has 2 rings (SSSR count). The largest absolute Gasteiger partial charge is 0.316 e. The molecule has 1 aliphatic heterocycles. The number of piperidine rings is 1. The summed E-state index contributed by atoms with van der Waals surface area (Å²) in [5.74, 6) is 0. The molecule has 6 heteroatoms. The first-order valence-corrected chi connectivity index (χ1v) is 8.65. The van der Waals surface area contributed by atoms with E-state index in [1.54, 1.807) is 16.6 Å². The fourth-order valence-corrected chi connectivity index (χ4v) is 4.37. The maximum atomic E-state index is 12.7. The summed E-state index contributed by atoms with van der Waals surface area (Å²) in [7, 11) is -1.60. The van der Waals surface area contributed by atoms with Crippen LogP contribution in [0.25, 0.3) is 0 Å². The van der Waals surface area contributed by atoms with Crippen LogP contribution in [0.2, 0.25) is 0 Å². The average Bonchev–Trinajstić information content (AvgIpc) is 2.48. The molecule has 20 heavy (non-hydrogen) atoms. The van der Waals surface area contributed by atoms with E-state index in [-0.39, 0.29) is 11.1 Å². The van der Waals surface area contributed by atoms with Crippen LogP contribution < -0.4 is 5.32 Å². The second-order valence-electron chi connectivity index (χ2n) is 5.21. The highest BCUT2D eigenvalue weighted by Crippen LogP contribution is 2.26. The summed E-state index contributed by atoms with van der Waals surface area (Å²) in [6.07, 6.45) is 5.49. The van der Waals surface area contributed by atoms with Crippen molar-refractivity contribution in [1.29, 1.82) is 0 Å². The molecule has 0 spiro atoms. The number of hydrogen-bond donors (Lipinski definition) is 1. The number of aromatic nitrogens is 1. The van der Waals surface area contributed by atoms with E-state index in [1.165, 1.54) is 0 Å². The van der Waals surface area contributed by atoms with Crippen LogP contribution in [0.5, 0.6) is 0 Å². The summed E-state index contributed by atoms with van der Waals surface area (Å²) in [5.41, 5.74) is 0.983. The Labute approximate surface area is 121 Å². The molecular weight excluding hydrogens is 274 g/mol. The summed E-state index contributed by atoms with van der Waals surface area (Å²) >= 11 is 0. The van der Waals surface area contributed by atoms with Crippen LogP contribution in [-0.4, -0.2) is 37.3 Å². The molecule has 112 valence electrons. The third-order valence-electron chi connectivity index (χ3n) is 3.80. The minimum absolute atomic E-state index is 0.118. The van der Waals surface area contributed by atoms with Gasteiger partial charge in [-0.1, -0.05) is 19.4 Å². The minimum Gasteiger partial charge on any atom is -0.316 e. The van der Waals surface area contributed by atoms with Gasteiger partial charge in [-0.25, -0.2) is 13.4 Å². The Morgan fingerprint density at radius 2 is 2.20 bits per heavy atom. The fourth-order valence-electron chi connectivity index (χ4n) is 2.69. The molecule has 0 amide bonds. The van der Waals surface area contributed by atoms with Crippen LogP contribution in [0.1, 0.15) is 38.2 Å². The first kappa shape index (κ1) is 15.4. The molecule has 0 saturated carbocycles. The summed E-state index contributed by atoms with van der Waals surface area (Å²) in [5, 5.41) is 3.19. The lowest BCUT2D eigenvalue weighted by Crippen LogP contribution is -2.43. The first-order valence-electron chi connectivity index (χ1n) is 7.21. The predicted molar refractivity (Wildman–Crippen MR) is 78.8 cm³/mol. The van der Waals surface area contributed by atoms with E-state index < -0.39 is 10.0 Å². The molecule has 1 aliphatic rings. The first-order chi connectivity index (χ1) is 9.59. The van der Waals surface area contributed by atoms with Gasteiger partial charge in [-0.05, 0) is 37.9 Å². The number of nitrogens with one attached hydrogen (secondary N) is 1. The van der Waals surface area contributed by atoms with Crippen molar-refractivity contribution in [3.63, 3.8) is 0 Å². The van der Waals surface area contributed by atoms with E-state index in [4.69, 9.17) is 0 Å². The summed E-state index contributed by atoms with van der Waals surface area (Å²) in [6.45, 7) is 3.34. The van der Waals surface area contributed by atoms with E-state index in [0.717, 1.165) is 31.2 Å². The van der Waals surface area contributed by atoms with E-state index in [0.29, 0.717) is 13.1 Å². The van der Waals surface area contributed by atoms with Crippen molar-refractivity contribution in [2.24, 2.45) is 0 Å². The highest BCUT2D eigenvalue weighted by atomic mass is 32.2. The van der Waals surface area contributed by atoms with Crippen molar-refractivity contribution >= 4 is 10.0 Å². The van der Waals surface area contributed by atoms with Gasteiger partial charge >= 0.3 is 0 Å². The van der Waals surface area contributed by atoms with Crippen LogP contribution in [0.15, 0.2) is 23.4 Å². The SMILES string of the molecule is CCC1CCCCN1S(=O)(=O)c1ccc(CNC)cn1. The number of sulfonamides is 1. The molecule has 0 aromatic carbocycles. The van der Waals surface area contributed by atoms with Crippen LogP contribution in [0, 0.1) is 0 Å². The Hall–Kier alpha value is -0.980. The van der Waals surface area contributed by atoms with Crippen molar-refractivity contribution in [1.82, 2.24) is 14.6 Å². The highest BCUT2D eigenvalue weighted by molar-refractivity contribution is 7.89. The van der Waals surface area contributed by atoms with Crippen molar-refractivity contribution in [3.8, 4) is 0 Å². The molecule has 0 aliphatic carbocycles. The molecule has 1 N–H and O–H groups in total. The van der Waals surface area contributed by atoms with Gasteiger partial charge in [0.05, 0.1) is 0 Å². The van der Waals surface area contributed by atoms with Crippen LogP contribution in [-0.2, 0) is 16.6 Å². The maximum absolute atomic E-state index is 12.7. The highest BCUT2D eigenvalue weighted by Gasteiger charge is 2.33. The van der Waals surface area contributed by atoms with Crippen LogP contribution >= 0.6 is 0 Å². The zero-order valence-electron chi connectivity index (χ0n) is 12.2. The Kier molecular flexibility index (Phi) is 5.12. The maximum Gasteiger partial charge on any atom is 0.260 e. The molecule has 1 atom stereocenters. The van der Waals surface area contributed by atoms with E-state index in [1.807, 2.05) is 20.0 Å². The van der Waals surface area contributed by atoms with Crippen LogP contribution in [0.4, 0.5) is 0 Å². The average molecular weight is 297 g/mol. The smallest absolute Gasteiger partial charge is 0.260 e. The van der Waals surface area contributed by atoms with Gasteiger partial charge in [0.15, 0.2) is 5.03 Å². The molecule has 1 unspecified atom stereocenters. The number of nitrogens with zero attached hydrogens (tertiary/aromatic N) is 2. The second-order valence-corrected chi connectivity index (χ2v) is 7.05. The van der Waals surface area contributed by atoms with Gasteiger partial charge in [-0.3, -0.25) is 0 Å². The Morgan fingerprint density at radius 3 is 2.80 bits per heavy atom. The van der Waals surface area contributed by atoms with Crippen LogP contribution in [0.3, 0.4) is 0 Å². The molecule has 1 aromatic rings. The molecule has 0 radical (unpaired) electrons.